The number of unbranched alkanes of at least 4 members (excludes halogenated alkanes) is 5. The van der Waals surface area contributed by atoms with Crippen molar-refractivity contribution in [2.75, 3.05) is 11.7 Å². The third-order valence-electron chi connectivity index (χ3n) is 1.79. The zero-order chi connectivity index (χ0) is 12.7. The summed E-state index contributed by atoms with van der Waals surface area (Å²) in [6, 6.07) is 0. The minimum Gasteiger partial charge on any atom is -0.127 e. The first-order valence-corrected chi connectivity index (χ1v) is 5.34. The summed E-state index contributed by atoms with van der Waals surface area (Å²) in [6.07, 6.45) is 6.51. The molecule has 0 heterocycles. The Morgan fingerprint density at radius 2 is 0.833 bits per heavy atom. The Hall–Kier alpha value is 0.580. The molecule has 0 aromatic heterocycles. The van der Waals surface area contributed by atoms with E-state index >= 15 is 0 Å². The van der Waals surface area contributed by atoms with Crippen molar-refractivity contribution in [2.45, 2.75) is 51.4 Å². The Morgan fingerprint density at radius 3 is 1.08 bits per heavy atom. The maximum absolute atomic E-state index is 7.12. The molecule has 0 nitrogen and oxygen atoms in total. The lowest BCUT2D eigenvalue weighted by Gasteiger charge is -1.99. The molecule has 0 fully saturated rings. The van der Waals surface area contributed by atoms with Crippen LogP contribution in [0, 0.1) is 0 Å². The van der Waals surface area contributed by atoms with E-state index in [1.165, 1.54) is 0 Å². The van der Waals surface area contributed by atoms with Gasteiger partial charge >= 0.3 is 0 Å². The minimum atomic E-state index is -1.56. The van der Waals surface area contributed by atoms with Crippen molar-refractivity contribution >= 4 is 23.2 Å². The molecule has 2 heteroatoms. The average Bonchev–Trinajstić information content (AvgIpc) is 2.06. The van der Waals surface area contributed by atoms with Crippen molar-refractivity contribution in [1.29, 1.82) is 0 Å². The van der Waals surface area contributed by atoms with Crippen molar-refractivity contribution < 1.29 is 5.48 Å². The predicted octanol–water partition coefficient (Wildman–Crippen LogP) is 4.58. The van der Waals surface area contributed by atoms with Crippen molar-refractivity contribution in [3.8, 4) is 0 Å². The molecule has 0 amide bonds. The van der Waals surface area contributed by atoms with Crippen LogP contribution in [0.3, 0.4) is 0 Å². The smallest absolute Gasteiger partial charge is 0.0435 e. The lowest BCUT2D eigenvalue weighted by Crippen LogP contribution is -1.82. The summed E-state index contributed by atoms with van der Waals surface area (Å²) in [5.74, 6) is -3.12. The van der Waals surface area contributed by atoms with E-state index in [9.17, 15) is 0 Å². The van der Waals surface area contributed by atoms with Crippen molar-refractivity contribution in [3.63, 3.8) is 0 Å². The van der Waals surface area contributed by atoms with Gasteiger partial charge in [-0.2, -0.15) is 0 Å². The fourth-order valence-electron chi connectivity index (χ4n) is 1.09. The van der Waals surface area contributed by atoms with Gasteiger partial charge in [-0.3, -0.25) is 0 Å². The Balaban J connectivity index is 3.17. The summed E-state index contributed by atoms with van der Waals surface area (Å²) < 4.78 is 28.5. The van der Waals surface area contributed by atoms with E-state index < -0.39 is 11.7 Å². The van der Waals surface area contributed by atoms with Crippen LogP contribution in [0.25, 0.3) is 0 Å². The second-order valence-electron chi connectivity index (χ2n) is 2.89. The van der Waals surface area contributed by atoms with Crippen molar-refractivity contribution in [1.82, 2.24) is 0 Å². The summed E-state index contributed by atoms with van der Waals surface area (Å²) in [4.78, 5) is 0. The molecular weight excluding hydrogens is 191 g/mol. The lowest BCUT2D eigenvalue weighted by molar-refractivity contribution is 0.587. The lowest BCUT2D eigenvalue weighted by atomic mass is 10.1. The highest BCUT2D eigenvalue weighted by Crippen LogP contribution is 2.09. The molecule has 0 aromatic rings. The van der Waals surface area contributed by atoms with Gasteiger partial charge < -0.3 is 0 Å². The van der Waals surface area contributed by atoms with E-state index in [1.807, 2.05) is 0 Å². The summed E-state index contributed by atoms with van der Waals surface area (Å²) in [5, 5.41) is 0. The van der Waals surface area contributed by atoms with Gasteiger partial charge in [0.05, 0.1) is 0 Å². The first-order chi connectivity index (χ1) is 7.21. The third-order valence-corrected chi connectivity index (χ3v) is 2.17. The molecule has 0 atom stereocenters. The summed E-state index contributed by atoms with van der Waals surface area (Å²) in [6.45, 7) is 0. The number of hydrogen-bond donors (Lipinski definition) is 0. The average molecular weight is 215 g/mol. The van der Waals surface area contributed by atoms with E-state index in [0.717, 1.165) is 38.5 Å². The highest BCUT2D eigenvalue weighted by atomic mass is 35.5. The standard InChI is InChI=1S/C10H20Cl2/c11-9-7-5-3-1-2-4-6-8-10-12/h1-10H2/i9D2,10D2. The molecule has 0 saturated carbocycles. The molecule has 0 unspecified atom stereocenters. The molecule has 0 aromatic carbocycles. The van der Waals surface area contributed by atoms with Crippen LogP contribution in [0.1, 0.15) is 56.8 Å². The van der Waals surface area contributed by atoms with Crippen molar-refractivity contribution in [3.05, 3.63) is 0 Å². The Bertz CT molecular complexity index is 155. The molecule has 0 spiro atoms. The first-order valence-electron chi connectivity index (χ1n) is 6.59. The van der Waals surface area contributed by atoms with Gasteiger partial charge in [0.2, 0.25) is 0 Å². The molecular formula is C10H20Cl2. The van der Waals surface area contributed by atoms with Gasteiger partial charge in [-0.05, 0) is 12.8 Å². The first kappa shape index (κ1) is 6.95. The fourth-order valence-corrected chi connectivity index (χ4v) is 1.36. The molecule has 74 valence electrons. The maximum Gasteiger partial charge on any atom is 0.0435 e. The van der Waals surface area contributed by atoms with Crippen LogP contribution < -0.4 is 0 Å². The highest BCUT2D eigenvalue weighted by Gasteiger charge is 1.90. The van der Waals surface area contributed by atoms with Gasteiger partial charge in [-0.25, -0.2) is 0 Å². The Kier molecular flexibility index (Phi) is 6.71. The monoisotopic (exact) mass is 214 g/mol. The SMILES string of the molecule is [2H]C([2H])(Cl)CCCCCCCCC([2H])([2H])Cl. The topological polar surface area (TPSA) is 0 Å². The predicted molar refractivity (Wildman–Crippen MR) is 58.4 cm³/mol. The van der Waals surface area contributed by atoms with Gasteiger partial charge in [0.15, 0.2) is 0 Å². The minimum absolute atomic E-state index is 0.402. The van der Waals surface area contributed by atoms with E-state index in [4.69, 9.17) is 28.7 Å². The van der Waals surface area contributed by atoms with Crippen LogP contribution in [0.5, 0.6) is 0 Å². The largest absolute Gasteiger partial charge is 0.127 e. The molecule has 12 heavy (non-hydrogen) atoms. The quantitative estimate of drug-likeness (QED) is 0.390. The summed E-state index contributed by atoms with van der Waals surface area (Å²) in [5.41, 5.74) is 0. The van der Waals surface area contributed by atoms with Gasteiger partial charge in [0, 0.05) is 17.1 Å². The van der Waals surface area contributed by atoms with Crippen LogP contribution in [0.2, 0.25) is 0 Å². The van der Waals surface area contributed by atoms with Gasteiger partial charge in [-0.1, -0.05) is 38.5 Å². The summed E-state index contributed by atoms with van der Waals surface area (Å²) >= 11 is 10.8. The van der Waals surface area contributed by atoms with E-state index in [-0.39, 0.29) is 0 Å². The molecule has 0 rings (SSSR count). The number of hydrogen-bond acceptors (Lipinski definition) is 0. The van der Waals surface area contributed by atoms with Crippen LogP contribution in [0.15, 0.2) is 0 Å². The van der Waals surface area contributed by atoms with Gasteiger partial charge in [0.1, 0.15) is 0 Å². The van der Waals surface area contributed by atoms with Gasteiger partial charge in [0.25, 0.3) is 0 Å². The van der Waals surface area contributed by atoms with E-state index in [1.54, 1.807) is 0 Å². The van der Waals surface area contributed by atoms with Crippen LogP contribution in [-0.4, -0.2) is 11.7 Å². The molecule has 0 aliphatic rings. The van der Waals surface area contributed by atoms with Crippen LogP contribution in [0.4, 0.5) is 0 Å². The maximum atomic E-state index is 7.12. The zero-order valence-electron chi connectivity index (χ0n) is 11.4. The second kappa shape index (κ2) is 11.6. The molecule has 0 bridgehead atoms. The molecule has 0 saturated heterocycles. The normalized spacial score (nSPS) is 17.8. The molecule has 0 aliphatic heterocycles. The Morgan fingerprint density at radius 1 is 0.583 bits per heavy atom. The molecule has 0 N–H and O–H groups in total. The van der Waals surface area contributed by atoms with E-state index in [0.29, 0.717) is 12.8 Å². The van der Waals surface area contributed by atoms with Crippen LogP contribution in [-0.2, 0) is 0 Å². The van der Waals surface area contributed by atoms with E-state index in [2.05, 4.69) is 0 Å². The van der Waals surface area contributed by atoms with Gasteiger partial charge in [-0.15, -0.1) is 23.2 Å². The number of alkyl halides is 2. The zero-order valence-corrected chi connectivity index (χ0v) is 8.92. The summed E-state index contributed by atoms with van der Waals surface area (Å²) in [7, 11) is 0. The van der Waals surface area contributed by atoms with Crippen LogP contribution >= 0.6 is 23.2 Å². The second-order valence-corrected chi connectivity index (χ2v) is 3.42. The molecule has 0 aliphatic carbocycles. The Labute approximate surface area is 92.3 Å². The third kappa shape index (κ3) is 10.6. The highest BCUT2D eigenvalue weighted by molar-refractivity contribution is 6.18. The fraction of sp³-hybridized carbons (Fsp3) is 1.00. The number of halogens is 2. The molecule has 0 radical (unpaired) electrons. The number of rotatable bonds is 9. The van der Waals surface area contributed by atoms with Crippen molar-refractivity contribution in [2.24, 2.45) is 0 Å².